The summed E-state index contributed by atoms with van der Waals surface area (Å²) < 4.78 is 11.6. The molecule has 0 bridgehead atoms. The number of aromatic amines is 1. The van der Waals surface area contributed by atoms with Gasteiger partial charge in [-0.3, -0.25) is 0 Å². The van der Waals surface area contributed by atoms with Crippen molar-refractivity contribution in [1.29, 1.82) is 0 Å². The Kier molecular flexibility index (Phi) is 10.0. The van der Waals surface area contributed by atoms with Gasteiger partial charge in [0.05, 0.1) is 24.4 Å². The molecular formula is C27H41NO3. The molecule has 4 nitrogen and oxygen atoms in total. The van der Waals surface area contributed by atoms with Gasteiger partial charge in [0.25, 0.3) is 0 Å². The number of nitrogens with one attached hydrogen (secondary N) is 1. The standard InChI is InChI=1S/C24H31NO3.C2H6.CH4/c1-16-12-20(26)14-24(28-16)18-9-11-23-22(13-18)19(15-25-23)8-6-17-4-3-5-21(27-2)10-7-17;1-2;/h4,7,9-11,13,15-16,20-21,24-26H,3,5-6,8,12,14H2,1-2H3;1-2H3;1H4/t16-,20+,21?,24?;;/m1../s1. The van der Waals surface area contributed by atoms with Gasteiger partial charge < -0.3 is 19.6 Å². The van der Waals surface area contributed by atoms with Gasteiger partial charge in [0.1, 0.15) is 0 Å². The minimum atomic E-state index is -0.278. The van der Waals surface area contributed by atoms with E-state index in [1.807, 2.05) is 20.8 Å². The van der Waals surface area contributed by atoms with Crippen LogP contribution in [0.15, 0.2) is 48.2 Å². The molecule has 0 spiro atoms. The van der Waals surface area contributed by atoms with Gasteiger partial charge in [0, 0.05) is 30.6 Å². The van der Waals surface area contributed by atoms with Crippen LogP contribution in [0.2, 0.25) is 0 Å². The first kappa shape index (κ1) is 25.4. The van der Waals surface area contributed by atoms with Crippen LogP contribution < -0.4 is 0 Å². The lowest BCUT2D eigenvalue weighted by Gasteiger charge is -2.31. The molecule has 0 radical (unpaired) electrons. The molecule has 2 heterocycles. The van der Waals surface area contributed by atoms with Crippen LogP contribution in [0.25, 0.3) is 10.9 Å². The average molecular weight is 428 g/mol. The molecule has 1 aromatic heterocycles. The van der Waals surface area contributed by atoms with E-state index in [-0.39, 0.29) is 31.8 Å². The Balaban J connectivity index is 0.00000111. The van der Waals surface area contributed by atoms with Crippen LogP contribution in [0.5, 0.6) is 0 Å². The Morgan fingerprint density at radius 2 is 2.00 bits per heavy atom. The predicted octanol–water partition coefficient (Wildman–Crippen LogP) is 6.66. The SMILES string of the molecule is C.CC.COC1C=CC(CCc2c[nH]c3ccc(C4C[C@@H](O)C[C@@H](C)O4)cc23)=CCC1. The van der Waals surface area contributed by atoms with Crippen molar-refractivity contribution in [2.75, 3.05) is 7.11 Å². The van der Waals surface area contributed by atoms with Gasteiger partial charge in [-0.15, -0.1) is 0 Å². The minimum Gasteiger partial charge on any atom is -0.393 e. The second-order valence-electron chi connectivity index (χ2n) is 8.17. The van der Waals surface area contributed by atoms with Gasteiger partial charge in [-0.1, -0.05) is 51.1 Å². The van der Waals surface area contributed by atoms with Crippen LogP contribution in [0, 0.1) is 0 Å². The van der Waals surface area contributed by atoms with E-state index in [0.717, 1.165) is 43.2 Å². The number of hydrogen-bond acceptors (Lipinski definition) is 3. The molecule has 1 aromatic carbocycles. The van der Waals surface area contributed by atoms with Crippen molar-refractivity contribution in [2.24, 2.45) is 0 Å². The topological polar surface area (TPSA) is 54.5 Å². The number of aliphatic hydroxyl groups is 1. The summed E-state index contributed by atoms with van der Waals surface area (Å²) in [5.74, 6) is 0. The minimum absolute atomic E-state index is 0. The molecule has 2 unspecified atom stereocenters. The number of aryl methyl sites for hydroxylation is 1. The van der Waals surface area contributed by atoms with Gasteiger partial charge >= 0.3 is 0 Å². The Hall–Kier alpha value is -1.88. The van der Waals surface area contributed by atoms with E-state index >= 15 is 0 Å². The quantitative estimate of drug-likeness (QED) is 0.561. The molecule has 4 atom stereocenters. The zero-order valence-corrected chi connectivity index (χ0v) is 18.9. The number of methoxy groups -OCH3 is 1. The summed E-state index contributed by atoms with van der Waals surface area (Å²) in [5.41, 5.74) is 5.05. The molecule has 31 heavy (non-hydrogen) atoms. The van der Waals surface area contributed by atoms with Crippen LogP contribution in [0.1, 0.15) is 77.5 Å². The van der Waals surface area contributed by atoms with Crippen molar-refractivity contribution in [2.45, 2.75) is 91.1 Å². The summed E-state index contributed by atoms with van der Waals surface area (Å²) in [6.45, 7) is 6.04. The molecule has 2 aliphatic rings. The fourth-order valence-electron chi connectivity index (χ4n) is 4.42. The summed E-state index contributed by atoms with van der Waals surface area (Å²) in [5, 5.41) is 11.4. The maximum absolute atomic E-state index is 10.1. The molecular weight excluding hydrogens is 386 g/mol. The van der Waals surface area contributed by atoms with E-state index in [0.29, 0.717) is 6.42 Å². The van der Waals surface area contributed by atoms with Gasteiger partial charge in [-0.2, -0.15) is 0 Å². The van der Waals surface area contributed by atoms with Crippen molar-refractivity contribution in [3.05, 3.63) is 59.3 Å². The lowest BCUT2D eigenvalue weighted by Crippen LogP contribution is -2.29. The number of benzene rings is 1. The highest BCUT2D eigenvalue weighted by atomic mass is 16.5. The largest absolute Gasteiger partial charge is 0.393 e. The van der Waals surface area contributed by atoms with Crippen LogP contribution in [0.3, 0.4) is 0 Å². The number of aromatic nitrogens is 1. The molecule has 1 aliphatic carbocycles. The molecule has 2 aromatic rings. The first-order valence-electron chi connectivity index (χ1n) is 11.5. The summed E-state index contributed by atoms with van der Waals surface area (Å²) in [6.07, 6.45) is 14.5. The highest BCUT2D eigenvalue weighted by Gasteiger charge is 2.27. The average Bonchev–Trinajstić information content (AvgIpc) is 3.01. The van der Waals surface area contributed by atoms with Crippen molar-refractivity contribution >= 4 is 10.9 Å². The molecule has 172 valence electrons. The lowest BCUT2D eigenvalue weighted by atomic mass is 9.95. The number of allylic oxidation sites excluding steroid dienone is 3. The Morgan fingerprint density at radius 1 is 1.19 bits per heavy atom. The van der Waals surface area contributed by atoms with E-state index in [1.165, 1.54) is 16.5 Å². The highest BCUT2D eigenvalue weighted by Crippen LogP contribution is 2.34. The molecule has 1 aliphatic heterocycles. The number of ether oxygens (including phenoxy) is 2. The Morgan fingerprint density at radius 3 is 2.74 bits per heavy atom. The molecule has 1 saturated heterocycles. The normalized spacial score (nSPS) is 25.8. The zero-order chi connectivity index (χ0) is 21.5. The van der Waals surface area contributed by atoms with E-state index < -0.39 is 0 Å². The van der Waals surface area contributed by atoms with Crippen molar-refractivity contribution in [3.8, 4) is 0 Å². The molecule has 4 rings (SSSR count). The lowest BCUT2D eigenvalue weighted by molar-refractivity contribution is -0.0894. The molecule has 0 saturated carbocycles. The monoisotopic (exact) mass is 427 g/mol. The van der Waals surface area contributed by atoms with Crippen LogP contribution in [-0.4, -0.2) is 35.5 Å². The number of aliphatic hydroxyl groups excluding tert-OH is 1. The van der Waals surface area contributed by atoms with Crippen LogP contribution >= 0.6 is 0 Å². The van der Waals surface area contributed by atoms with Gasteiger partial charge in [0.2, 0.25) is 0 Å². The summed E-state index contributed by atoms with van der Waals surface area (Å²) in [7, 11) is 1.78. The third kappa shape index (κ3) is 6.55. The summed E-state index contributed by atoms with van der Waals surface area (Å²) in [4.78, 5) is 3.40. The van der Waals surface area contributed by atoms with Crippen LogP contribution in [-0.2, 0) is 15.9 Å². The predicted molar refractivity (Wildman–Crippen MR) is 130 cm³/mol. The molecule has 4 heteroatoms. The first-order valence-corrected chi connectivity index (χ1v) is 11.5. The van der Waals surface area contributed by atoms with E-state index in [1.54, 1.807) is 7.11 Å². The van der Waals surface area contributed by atoms with E-state index in [2.05, 4.69) is 47.6 Å². The smallest absolute Gasteiger partial charge is 0.0853 e. The summed E-state index contributed by atoms with van der Waals surface area (Å²) >= 11 is 0. The van der Waals surface area contributed by atoms with Gasteiger partial charge in [-0.05, 0) is 62.3 Å². The van der Waals surface area contributed by atoms with Gasteiger partial charge in [0.15, 0.2) is 0 Å². The highest BCUT2D eigenvalue weighted by molar-refractivity contribution is 5.84. The second-order valence-corrected chi connectivity index (χ2v) is 8.17. The van der Waals surface area contributed by atoms with Crippen molar-refractivity contribution in [3.63, 3.8) is 0 Å². The second kappa shape index (κ2) is 12.2. The third-order valence-corrected chi connectivity index (χ3v) is 6.02. The number of H-pyrrole nitrogens is 1. The maximum Gasteiger partial charge on any atom is 0.0853 e. The van der Waals surface area contributed by atoms with Crippen LogP contribution in [0.4, 0.5) is 0 Å². The van der Waals surface area contributed by atoms with E-state index in [4.69, 9.17) is 9.47 Å². The first-order chi connectivity index (χ1) is 14.6. The number of fused-ring (bicyclic) bond motifs is 1. The molecule has 2 N–H and O–H groups in total. The third-order valence-electron chi connectivity index (χ3n) is 6.02. The maximum atomic E-state index is 10.1. The summed E-state index contributed by atoms with van der Waals surface area (Å²) in [6, 6.07) is 6.51. The molecule has 0 amide bonds. The van der Waals surface area contributed by atoms with E-state index in [9.17, 15) is 5.11 Å². The van der Waals surface area contributed by atoms with Gasteiger partial charge in [-0.25, -0.2) is 0 Å². The van der Waals surface area contributed by atoms with Crippen molar-refractivity contribution < 1.29 is 14.6 Å². The molecule has 1 fully saturated rings. The number of rotatable bonds is 5. The fourth-order valence-corrected chi connectivity index (χ4v) is 4.42. The zero-order valence-electron chi connectivity index (χ0n) is 18.9. The Labute approximate surface area is 188 Å². The fraction of sp³-hybridized carbons (Fsp3) is 0.556. The Bertz CT molecular complexity index is 856. The van der Waals surface area contributed by atoms with Crippen molar-refractivity contribution in [1.82, 2.24) is 4.98 Å². The number of hydrogen-bond donors (Lipinski definition) is 2.